The van der Waals surface area contributed by atoms with E-state index in [9.17, 15) is 0 Å². The molecule has 1 N–H and O–H groups in total. The van der Waals surface area contributed by atoms with Crippen LogP contribution in [0.4, 0.5) is 0 Å². The highest BCUT2D eigenvalue weighted by Crippen LogP contribution is 2.32. The van der Waals surface area contributed by atoms with E-state index in [1.165, 1.54) is 23.3 Å². The molecule has 1 aliphatic carbocycles. The Kier molecular flexibility index (Phi) is 3.72. The van der Waals surface area contributed by atoms with Crippen molar-refractivity contribution >= 4 is 27.7 Å². The van der Waals surface area contributed by atoms with Gasteiger partial charge in [0.2, 0.25) is 0 Å². The maximum Gasteiger partial charge on any atom is 0.260 e. The van der Waals surface area contributed by atoms with Crippen LogP contribution >= 0.6 is 27.7 Å². The first-order valence-electron chi connectivity index (χ1n) is 5.90. The van der Waals surface area contributed by atoms with Crippen LogP contribution in [-0.2, 0) is 6.54 Å². The van der Waals surface area contributed by atoms with Crippen molar-refractivity contribution in [2.24, 2.45) is 0 Å². The van der Waals surface area contributed by atoms with Crippen LogP contribution in [0.3, 0.4) is 0 Å². The number of hydrogen-bond donors (Lipinski definition) is 1. The first kappa shape index (κ1) is 12.3. The summed E-state index contributed by atoms with van der Waals surface area (Å²) in [5.74, 6) is 0. The molecule has 1 aliphatic rings. The minimum absolute atomic E-state index is 0.681. The summed E-state index contributed by atoms with van der Waals surface area (Å²) in [6, 6.07) is 7.04. The van der Waals surface area contributed by atoms with E-state index in [0.717, 1.165) is 11.0 Å². The highest BCUT2D eigenvalue weighted by molar-refractivity contribution is 9.10. The Morgan fingerprint density at radius 3 is 3.06 bits per heavy atom. The summed E-state index contributed by atoms with van der Waals surface area (Å²) < 4.78 is 6.36. The van der Waals surface area contributed by atoms with Crippen molar-refractivity contribution in [3.63, 3.8) is 0 Å². The number of oxazole rings is 1. The van der Waals surface area contributed by atoms with Crippen molar-refractivity contribution in [3.8, 4) is 0 Å². The van der Waals surface area contributed by atoms with Gasteiger partial charge in [-0.1, -0.05) is 22.0 Å². The van der Waals surface area contributed by atoms with Gasteiger partial charge < -0.3 is 9.73 Å². The Hall–Kier alpha value is -0.780. The molecule has 1 aromatic carbocycles. The SMILES string of the molecule is Brc1ccc(CNC2CC2)c(Sc2ncco2)c1. The zero-order valence-electron chi connectivity index (χ0n) is 9.73. The first-order chi connectivity index (χ1) is 8.81. The molecule has 0 bridgehead atoms. The molecule has 0 aliphatic heterocycles. The monoisotopic (exact) mass is 324 g/mol. The van der Waals surface area contributed by atoms with Crippen LogP contribution in [0.2, 0.25) is 0 Å². The summed E-state index contributed by atoms with van der Waals surface area (Å²) >= 11 is 5.07. The zero-order chi connectivity index (χ0) is 12.4. The lowest BCUT2D eigenvalue weighted by Gasteiger charge is -2.09. The molecule has 2 aromatic rings. The summed E-state index contributed by atoms with van der Waals surface area (Å²) in [4.78, 5) is 5.33. The second-order valence-corrected chi connectivity index (χ2v) is 6.22. The van der Waals surface area contributed by atoms with Gasteiger partial charge in [0.25, 0.3) is 5.22 Å². The lowest BCUT2D eigenvalue weighted by molar-refractivity contribution is 0.454. The van der Waals surface area contributed by atoms with Gasteiger partial charge in [-0.3, -0.25) is 0 Å². The number of halogens is 1. The molecule has 3 rings (SSSR count). The number of benzene rings is 1. The van der Waals surface area contributed by atoms with E-state index in [4.69, 9.17) is 4.42 Å². The third-order valence-corrected chi connectivity index (χ3v) is 4.26. The fourth-order valence-corrected chi connectivity index (χ4v) is 3.04. The molecule has 1 saturated carbocycles. The highest BCUT2D eigenvalue weighted by Gasteiger charge is 2.20. The lowest BCUT2D eigenvalue weighted by Crippen LogP contribution is -2.15. The van der Waals surface area contributed by atoms with E-state index < -0.39 is 0 Å². The smallest absolute Gasteiger partial charge is 0.260 e. The van der Waals surface area contributed by atoms with Gasteiger partial charge in [-0.05, 0) is 42.3 Å². The second kappa shape index (κ2) is 5.47. The highest BCUT2D eigenvalue weighted by atomic mass is 79.9. The van der Waals surface area contributed by atoms with Crippen molar-refractivity contribution in [2.75, 3.05) is 0 Å². The van der Waals surface area contributed by atoms with E-state index >= 15 is 0 Å². The average Bonchev–Trinajstić information content (AvgIpc) is 3.05. The minimum atomic E-state index is 0.681. The molecule has 94 valence electrons. The third-order valence-electron chi connectivity index (χ3n) is 2.79. The molecule has 18 heavy (non-hydrogen) atoms. The van der Waals surface area contributed by atoms with Crippen molar-refractivity contribution in [3.05, 3.63) is 40.7 Å². The van der Waals surface area contributed by atoms with Gasteiger partial charge in [-0.15, -0.1) is 0 Å². The van der Waals surface area contributed by atoms with Crippen LogP contribution in [0.1, 0.15) is 18.4 Å². The topological polar surface area (TPSA) is 38.1 Å². The van der Waals surface area contributed by atoms with Crippen molar-refractivity contribution < 1.29 is 4.42 Å². The van der Waals surface area contributed by atoms with Crippen LogP contribution in [0, 0.1) is 0 Å². The lowest BCUT2D eigenvalue weighted by atomic mass is 10.2. The molecular weight excluding hydrogens is 312 g/mol. The van der Waals surface area contributed by atoms with Gasteiger partial charge in [0.05, 0.1) is 6.20 Å². The Morgan fingerprint density at radius 1 is 1.44 bits per heavy atom. The molecule has 1 heterocycles. The summed E-state index contributed by atoms with van der Waals surface area (Å²) in [6.07, 6.45) is 5.88. The van der Waals surface area contributed by atoms with Crippen LogP contribution in [0.5, 0.6) is 0 Å². The fraction of sp³-hybridized carbons (Fsp3) is 0.308. The summed E-state index contributed by atoms with van der Waals surface area (Å²) in [5, 5.41) is 4.21. The van der Waals surface area contributed by atoms with E-state index in [1.807, 2.05) is 0 Å². The zero-order valence-corrected chi connectivity index (χ0v) is 12.1. The van der Waals surface area contributed by atoms with Gasteiger partial charge in [0.1, 0.15) is 6.26 Å². The quantitative estimate of drug-likeness (QED) is 0.906. The Morgan fingerprint density at radius 2 is 2.33 bits per heavy atom. The second-order valence-electron chi connectivity index (χ2n) is 4.31. The Balaban J connectivity index is 1.78. The molecule has 5 heteroatoms. The van der Waals surface area contributed by atoms with Crippen LogP contribution in [-0.4, -0.2) is 11.0 Å². The Bertz CT molecular complexity index is 526. The number of aromatic nitrogens is 1. The van der Waals surface area contributed by atoms with Gasteiger partial charge in [-0.2, -0.15) is 0 Å². The van der Waals surface area contributed by atoms with Crippen molar-refractivity contribution in [1.29, 1.82) is 0 Å². The minimum Gasteiger partial charge on any atom is -0.440 e. The molecule has 0 amide bonds. The first-order valence-corrected chi connectivity index (χ1v) is 7.51. The standard InChI is InChI=1S/C13H13BrN2OS/c14-10-2-1-9(8-16-11-3-4-11)12(7-10)18-13-15-5-6-17-13/h1-2,5-7,11,16H,3-4,8H2. The maximum atomic E-state index is 5.29. The van der Waals surface area contributed by atoms with E-state index in [0.29, 0.717) is 11.3 Å². The third kappa shape index (κ3) is 3.16. The largest absolute Gasteiger partial charge is 0.440 e. The van der Waals surface area contributed by atoms with Gasteiger partial charge in [-0.25, -0.2) is 4.98 Å². The summed E-state index contributed by atoms with van der Waals surface area (Å²) in [7, 11) is 0. The molecule has 0 unspecified atom stereocenters. The molecule has 1 fully saturated rings. The fourth-order valence-electron chi connectivity index (χ4n) is 1.67. The Labute approximate surface area is 118 Å². The number of hydrogen-bond acceptors (Lipinski definition) is 4. The molecule has 0 saturated heterocycles. The molecular formula is C13H13BrN2OS. The average molecular weight is 325 g/mol. The van der Waals surface area contributed by atoms with Gasteiger partial charge in [0.15, 0.2) is 0 Å². The molecule has 0 radical (unpaired) electrons. The molecule has 1 aromatic heterocycles. The van der Waals surface area contributed by atoms with Crippen molar-refractivity contribution in [2.45, 2.75) is 35.5 Å². The van der Waals surface area contributed by atoms with Crippen LogP contribution < -0.4 is 5.32 Å². The predicted octanol–water partition coefficient (Wildman–Crippen LogP) is 3.84. The molecule has 0 spiro atoms. The van der Waals surface area contributed by atoms with E-state index in [-0.39, 0.29) is 0 Å². The number of nitrogens with zero attached hydrogens (tertiary/aromatic N) is 1. The maximum absolute atomic E-state index is 5.29. The summed E-state index contributed by atoms with van der Waals surface area (Å²) in [6.45, 7) is 0.904. The van der Waals surface area contributed by atoms with Crippen molar-refractivity contribution in [1.82, 2.24) is 10.3 Å². The van der Waals surface area contributed by atoms with Gasteiger partial charge in [0, 0.05) is 22.0 Å². The van der Waals surface area contributed by atoms with E-state index in [2.05, 4.69) is 44.4 Å². The normalized spacial score (nSPS) is 14.9. The number of rotatable bonds is 5. The molecule has 0 atom stereocenters. The van der Waals surface area contributed by atoms with Crippen LogP contribution in [0.25, 0.3) is 0 Å². The molecule has 3 nitrogen and oxygen atoms in total. The summed E-state index contributed by atoms with van der Waals surface area (Å²) in [5.41, 5.74) is 1.29. The van der Waals surface area contributed by atoms with Crippen LogP contribution in [0.15, 0.2) is 49.7 Å². The van der Waals surface area contributed by atoms with E-state index in [1.54, 1.807) is 24.2 Å². The van der Waals surface area contributed by atoms with Gasteiger partial charge >= 0.3 is 0 Å². The predicted molar refractivity (Wildman–Crippen MR) is 74.6 cm³/mol. The number of nitrogens with one attached hydrogen (secondary N) is 1.